The van der Waals surface area contributed by atoms with E-state index in [0.717, 1.165) is 16.7 Å². The zero-order valence-electron chi connectivity index (χ0n) is 13.5. The van der Waals surface area contributed by atoms with E-state index >= 15 is 0 Å². The molecule has 1 aliphatic rings. The van der Waals surface area contributed by atoms with Crippen LogP contribution in [0.1, 0.15) is 30.5 Å². The third kappa shape index (κ3) is 3.22. The Morgan fingerprint density at radius 1 is 1.33 bits per heavy atom. The van der Waals surface area contributed by atoms with Gasteiger partial charge in [0.15, 0.2) is 5.16 Å². The van der Waals surface area contributed by atoms with Crippen molar-refractivity contribution in [2.24, 2.45) is 0 Å². The van der Waals surface area contributed by atoms with E-state index in [1.807, 2.05) is 39.0 Å². The van der Waals surface area contributed by atoms with Crippen molar-refractivity contribution in [1.29, 1.82) is 0 Å². The van der Waals surface area contributed by atoms with Gasteiger partial charge in [0.2, 0.25) is 0 Å². The van der Waals surface area contributed by atoms with Crippen LogP contribution in [-0.4, -0.2) is 21.9 Å². The first kappa shape index (κ1) is 17.1. The molecular weight excluding hydrogens is 337 g/mol. The molecule has 0 radical (unpaired) electrons. The van der Waals surface area contributed by atoms with Crippen LogP contribution < -0.4 is 5.56 Å². The monoisotopic (exact) mass is 354 g/mol. The Balaban J connectivity index is 2.14. The molecule has 1 N–H and O–H groups in total. The van der Waals surface area contributed by atoms with Crippen LogP contribution in [0.5, 0.6) is 0 Å². The Morgan fingerprint density at radius 2 is 2.04 bits per heavy atom. The molecule has 128 valence electrons. The van der Waals surface area contributed by atoms with E-state index in [0.29, 0.717) is 29.4 Å². The molecule has 0 saturated carbocycles. The highest BCUT2D eigenvalue weighted by atomic mass is 32.2. The Morgan fingerprint density at radius 3 is 2.71 bits per heavy atom. The molecule has 0 amide bonds. The number of halogens is 3. The first-order valence-electron chi connectivity index (χ1n) is 7.51. The molecule has 1 aliphatic carbocycles. The summed E-state index contributed by atoms with van der Waals surface area (Å²) in [7, 11) is 0. The van der Waals surface area contributed by atoms with Crippen molar-refractivity contribution in [2.45, 2.75) is 43.9 Å². The molecule has 0 spiro atoms. The molecule has 0 aliphatic heterocycles. The van der Waals surface area contributed by atoms with Crippen molar-refractivity contribution in [3.05, 3.63) is 45.2 Å². The van der Waals surface area contributed by atoms with E-state index in [2.05, 4.69) is 9.97 Å². The standard InChI is InChI=1S/C17H17F3N2OS/c1-9-4-5-11-10(6-9)7-16(2,3)12-13(11)21-15(22-14(12)23)24-8-17(18,19)20/h4-6H,7-8H2,1-3H3,(H,21,22,23). The number of thioether (sulfide) groups is 1. The Bertz CT molecular complexity index is 856. The highest BCUT2D eigenvalue weighted by Crippen LogP contribution is 2.41. The Labute approximate surface area is 141 Å². The van der Waals surface area contributed by atoms with E-state index < -0.39 is 17.3 Å². The molecule has 0 atom stereocenters. The third-order valence-corrected chi connectivity index (χ3v) is 5.03. The normalized spacial score (nSPS) is 15.8. The molecule has 0 unspecified atom stereocenters. The maximum absolute atomic E-state index is 12.5. The smallest absolute Gasteiger partial charge is 0.301 e. The molecule has 24 heavy (non-hydrogen) atoms. The third-order valence-electron chi connectivity index (χ3n) is 4.10. The van der Waals surface area contributed by atoms with E-state index in [9.17, 15) is 18.0 Å². The van der Waals surface area contributed by atoms with Crippen molar-refractivity contribution in [3.8, 4) is 11.3 Å². The predicted molar refractivity (Wildman–Crippen MR) is 88.5 cm³/mol. The van der Waals surface area contributed by atoms with Crippen LogP contribution in [0.3, 0.4) is 0 Å². The summed E-state index contributed by atoms with van der Waals surface area (Å²) in [5.74, 6) is -1.08. The summed E-state index contributed by atoms with van der Waals surface area (Å²) in [4.78, 5) is 19.4. The number of aromatic amines is 1. The van der Waals surface area contributed by atoms with Gasteiger partial charge in [-0.15, -0.1) is 0 Å². The van der Waals surface area contributed by atoms with Gasteiger partial charge >= 0.3 is 6.18 Å². The molecule has 2 aromatic rings. The van der Waals surface area contributed by atoms with Crippen molar-refractivity contribution in [1.82, 2.24) is 9.97 Å². The van der Waals surface area contributed by atoms with Gasteiger partial charge in [0.05, 0.1) is 11.4 Å². The lowest BCUT2D eigenvalue weighted by molar-refractivity contribution is -0.105. The summed E-state index contributed by atoms with van der Waals surface area (Å²) in [5.41, 5.74) is 3.24. The minimum absolute atomic E-state index is 0.000278. The largest absolute Gasteiger partial charge is 0.398 e. The average Bonchev–Trinajstić information content (AvgIpc) is 2.42. The van der Waals surface area contributed by atoms with Gasteiger partial charge in [-0.1, -0.05) is 49.4 Å². The van der Waals surface area contributed by atoms with Crippen molar-refractivity contribution >= 4 is 11.8 Å². The molecular formula is C17H17F3N2OS. The number of hydrogen-bond acceptors (Lipinski definition) is 3. The number of nitrogens with one attached hydrogen (secondary N) is 1. The molecule has 0 saturated heterocycles. The van der Waals surface area contributed by atoms with Gasteiger partial charge in [-0.05, 0) is 18.9 Å². The van der Waals surface area contributed by atoms with Gasteiger partial charge < -0.3 is 4.98 Å². The number of fused-ring (bicyclic) bond motifs is 3. The lowest BCUT2D eigenvalue weighted by Gasteiger charge is -2.32. The van der Waals surface area contributed by atoms with E-state index in [1.54, 1.807) is 0 Å². The van der Waals surface area contributed by atoms with Crippen molar-refractivity contribution < 1.29 is 13.2 Å². The van der Waals surface area contributed by atoms with E-state index in [1.165, 1.54) is 0 Å². The number of alkyl halides is 3. The topological polar surface area (TPSA) is 45.8 Å². The van der Waals surface area contributed by atoms with Crippen LogP contribution in [0.4, 0.5) is 13.2 Å². The molecule has 1 aromatic carbocycles. The highest BCUT2D eigenvalue weighted by molar-refractivity contribution is 7.99. The number of benzene rings is 1. The maximum atomic E-state index is 12.5. The SMILES string of the molecule is Cc1ccc2c(c1)CC(C)(C)c1c-2nc(SCC(F)(F)F)[nH]c1=O. The molecule has 0 bridgehead atoms. The second-order valence-electron chi connectivity index (χ2n) is 6.72. The lowest BCUT2D eigenvalue weighted by atomic mass is 9.72. The van der Waals surface area contributed by atoms with E-state index in [-0.39, 0.29) is 10.7 Å². The highest BCUT2D eigenvalue weighted by Gasteiger charge is 2.35. The van der Waals surface area contributed by atoms with Crippen LogP contribution in [0, 0.1) is 6.92 Å². The summed E-state index contributed by atoms with van der Waals surface area (Å²) in [6.45, 7) is 5.89. The fourth-order valence-electron chi connectivity index (χ4n) is 3.16. The number of aryl methyl sites for hydroxylation is 1. The summed E-state index contributed by atoms with van der Waals surface area (Å²) in [6, 6.07) is 5.86. The molecule has 1 aromatic heterocycles. The van der Waals surface area contributed by atoms with Gasteiger partial charge in [0, 0.05) is 16.5 Å². The van der Waals surface area contributed by atoms with Gasteiger partial charge in [0.1, 0.15) is 0 Å². The fraction of sp³-hybridized carbons (Fsp3) is 0.412. The quantitative estimate of drug-likeness (QED) is 0.648. The second kappa shape index (κ2) is 5.65. The van der Waals surface area contributed by atoms with Gasteiger partial charge in [-0.2, -0.15) is 13.2 Å². The van der Waals surface area contributed by atoms with E-state index in [4.69, 9.17) is 0 Å². The molecule has 0 fully saturated rings. The van der Waals surface area contributed by atoms with Gasteiger partial charge in [-0.25, -0.2) is 4.98 Å². The van der Waals surface area contributed by atoms with Crippen molar-refractivity contribution in [2.75, 3.05) is 5.75 Å². The molecule has 7 heteroatoms. The molecule has 3 rings (SSSR count). The Hall–Kier alpha value is -1.76. The number of nitrogens with zero attached hydrogens (tertiary/aromatic N) is 1. The number of rotatable bonds is 2. The average molecular weight is 354 g/mol. The summed E-state index contributed by atoms with van der Waals surface area (Å²) < 4.78 is 37.3. The number of hydrogen-bond donors (Lipinski definition) is 1. The number of aromatic nitrogens is 2. The summed E-state index contributed by atoms with van der Waals surface area (Å²) in [5, 5.41) is 0.000278. The van der Waals surface area contributed by atoms with Crippen LogP contribution in [0.25, 0.3) is 11.3 Å². The Kier molecular flexibility index (Phi) is 4.02. The number of H-pyrrole nitrogens is 1. The van der Waals surface area contributed by atoms with Crippen molar-refractivity contribution in [3.63, 3.8) is 0 Å². The summed E-state index contributed by atoms with van der Waals surface area (Å²) in [6.07, 6.45) is -3.62. The lowest BCUT2D eigenvalue weighted by Crippen LogP contribution is -2.34. The predicted octanol–water partition coefficient (Wildman–Crippen LogP) is 4.23. The van der Waals surface area contributed by atoms with Gasteiger partial charge in [-0.3, -0.25) is 4.79 Å². The first-order valence-corrected chi connectivity index (χ1v) is 8.50. The molecule has 1 heterocycles. The van der Waals surface area contributed by atoms with Crippen LogP contribution in [0.15, 0.2) is 28.2 Å². The fourth-order valence-corrected chi connectivity index (χ4v) is 3.78. The maximum Gasteiger partial charge on any atom is 0.398 e. The van der Waals surface area contributed by atoms with Gasteiger partial charge in [0.25, 0.3) is 5.56 Å². The molecule has 3 nitrogen and oxygen atoms in total. The zero-order valence-corrected chi connectivity index (χ0v) is 14.4. The minimum atomic E-state index is -4.31. The van der Waals surface area contributed by atoms with Crippen LogP contribution >= 0.6 is 11.8 Å². The first-order chi connectivity index (χ1) is 11.1. The second-order valence-corrected chi connectivity index (χ2v) is 7.68. The summed E-state index contributed by atoms with van der Waals surface area (Å²) >= 11 is 0.501. The zero-order chi connectivity index (χ0) is 17.7. The van der Waals surface area contributed by atoms with Crippen LogP contribution in [-0.2, 0) is 11.8 Å². The minimum Gasteiger partial charge on any atom is -0.301 e. The van der Waals surface area contributed by atoms with Crippen LogP contribution in [0.2, 0.25) is 0 Å².